The molecule has 1 unspecified atom stereocenters. The van der Waals surface area contributed by atoms with Crippen LogP contribution < -0.4 is 0 Å². The SMILES string of the molecule is Cc1c(C)n(CC(C)CN2CCN(C)CC2)c2ccc(Br)cc12. The monoisotopic (exact) mass is 377 g/mol. The minimum atomic E-state index is 0.663. The van der Waals surface area contributed by atoms with Gasteiger partial charge in [-0.25, -0.2) is 0 Å². The van der Waals surface area contributed by atoms with Gasteiger partial charge in [-0.3, -0.25) is 0 Å². The van der Waals surface area contributed by atoms with Gasteiger partial charge in [-0.15, -0.1) is 0 Å². The van der Waals surface area contributed by atoms with Crippen LogP contribution in [0.25, 0.3) is 10.9 Å². The summed E-state index contributed by atoms with van der Waals surface area (Å²) in [5, 5.41) is 1.38. The molecule has 1 aliphatic heterocycles. The second-order valence-electron chi connectivity index (χ2n) is 7.19. The van der Waals surface area contributed by atoms with Crippen LogP contribution in [0.5, 0.6) is 0 Å². The maximum Gasteiger partial charge on any atom is 0.0486 e. The number of benzene rings is 1. The van der Waals surface area contributed by atoms with E-state index in [0.717, 1.165) is 11.0 Å². The molecule has 2 heterocycles. The van der Waals surface area contributed by atoms with Crippen LogP contribution in [-0.2, 0) is 6.54 Å². The third-order valence-electron chi connectivity index (χ3n) is 5.26. The first-order valence-electron chi connectivity index (χ1n) is 8.61. The van der Waals surface area contributed by atoms with Gasteiger partial charge in [-0.2, -0.15) is 0 Å². The maximum absolute atomic E-state index is 3.60. The van der Waals surface area contributed by atoms with Crippen molar-refractivity contribution in [1.82, 2.24) is 14.4 Å². The molecule has 0 saturated carbocycles. The summed E-state index contributed by atoms with van der Waals surface area (Å²) in [5.41, 5.74) is 4.19. The Morgan fingerprint density at radius 2 is 1.78 bits per heavy atom. The van der Waals surface area contributed by atoms with E-state index in [1.54, 1.807) is 0 Å². The van der Waals surface area contributed by atoms with Gasteiger partial charge in [0.15, 0.2) is 0 Å². The standard InChI is InChI=1S/C19H28BrN3/c1-14(12-22-9-7-21(4)8-10-22)13-23-16(3)15(2)18-11-17(20)5-6-19(18)23/h5-6,11,14H,7-10,12-13H2,1-4H3. The number of hydrogen-bond acceptors (Lipinski definition) is 2. The van der Waals surface area contributed by atoms with E-state index in [4.69, 9.17) is 0 Å². The normalized spacial score (nSPS) is 18.7. The lowest BCUT2D eigenvalue weighted by atomic mass is 10.1. The lowest BCUT2D eigenvalue weighted by Crippen LogP contribution is -2.46. The van der Waals surface area contributed by atoms with E-state index in [1.807, 2.05) is 0 Å². The molecule has 4 heteroatoms. The van der Waals surface area contributed by atoms with E-state index in [0.29, 0.717) is 5.92 Å². The topological polar surface area (TPSA) is 11.4 Å². The lowest BCUT2D eigenvalue weighted by molar-refractivity contribution is 0.135. The summed E-state index contributed by atoms with van der Waals surface area (Å²) in [6.07, 6.45) is 0. The number of likely N-dealkylation sites (N-methyl/N-ethyl adjacent to an activating group) is 1. The number of fused-ring (bicyclic) bond motifs is 1. The highest BCUT2D eigenvalue weighted by atomic mass is 79.9. The van der Waals surface area contributed by atoms with E-state index in [2.05, 4.69) is 76.3 Å². The Bertz CT molecular complexity index is 683. The van der Waals surface area contributed by atoms with Gasteiger partial charge in [0.1, 0.15) is 0 Å². The zero-order valence-electron chi connectivity index (χ0n) is 14.8. The van der Waals surface area contributed by atoms with Gasteiger partial charge in [0, 0.05) is 60.3 Å². The van der Waals surface area contributed by atoms with Crippen molar-refractivity contribution in [1.29, 1.82) is 0 Å². The molecule has 0 aliphatic carbocycles. The largest absolute Gasteiger partial charge is 0.344 e. The summed E-state index contributed by atoms with van der Waals surface area (Å²) in [7, 11) is 2.22. The highest BCUT2D eigenvalue weighted by Gasteiger charge is 2.18. The molecule has 1 aromatic heterocycles. The minimum absolute atomic E-state index is 0.663. The van der Waals surface area contributed by atoms with E-state index in [-0.39, 0.29) is 0 Å². The molecule has 2 aromatic rings. The average molecular weight is 378 g/mol. The maximum atomic E-state index is 3.60. The molecule has 1 saturated heterocycles. The molecule has 126 valence electrons. The van der Waals surface area contributed by atoms with Crippen LogP contribution in [0, 0.1) is 19.8 Å². The molecule has 1 aromatic carbocycles. The fourth-order valence-corrected chi connectivity index (χ4v) is 4.06. The van der Waals surface area contributed by atoms with Crippen molar-refractivity contribution < 1.29 is 0 Å². The summed E-state index contributed by atoms with van der Waals surface area (Å²) in [6, 6.07) is 6.66. The van der Waals surface area contributed by atoms with Crippen molar-refractivity contribution >= 4 is 26.8 Å². The van der Waals surface area contributed by atoms with E-state index in [1.165, 1.54) is 54.9 Å². The first kappa shape index (κ1) is 17.0. The van der Waals surface area contributed by atoms with Crippen molar-refractivity contribution in [2.24, 2.45) is 5.92 Å². The van der Waals surface area contributed by atoms with Crippen molar-refractivity contribution in [3.05, 3.63) is 33.9 Å². The van der Waals surface area contributed by atoms with Gasteiger partial charge in [0.25, 0.3) is 0 Å². The zero-order chi connectivity index (χ0) is 16.6. The van der Waals surface area contributed by atoms with Gasteiger partial charge >= 0.3 is 0 Å². The molecule has 0 radical (unpaired) electrons. The molecule has 0 N–H and O–H groups in total. The summed E-state index contributed by atoms with van der Waals surface area (Å²) in [5.74, 6) is 0.663. The second kappa shape index (κ2) is 6.96. The molecule has 1 atom stereocenters. The summed E-state index contributed by atoms with van der Waals surface area (Å²) >= 11 is 3.60. The summed E-state index contributed by atoms with van der Waals surface area (Å²) in [6.45, 7) is 14.0. The predicted octanol–water partition coefficient (Wildman–Crippen LogP) is 3.90. The van der Waals surface area contributed by atoms with Crippen LogP contribution in [0.1, 0.15) is 18.2 Å². The fraction of sp³-hybridized carbons (Fsp3) is 0.579. The smallest absolute Gasteiger partial charge is 0.0486 e. The number of piperazine rings is 1. The Labute approximate surface area is 148 Å². The number of halogens is 1. The summed E-state index contributed by atoms with van der Waals surface area (Å²) < 4.78 is 3.67. The Morgan fingerprint density at radius 1 is 1.09 bits per heavy atom. The van der Waals surface area contributed by atoms with Crippen LogP contribution in [0.4, 0.5) is 0 Å². The molecule has 3 nitrogen and oxygen atoms in total. The van der Waals surface area contributed by atoms with Gasteiger partial charge in [0.2, 0.25) is 0 Å². The van der Waals surface area contributed by atoms with Crippen LogP contribution >= 0.6 is 15.9 Å². The summed E-state index contributed by atoms with van der Waals surface area (Å²) in [4.78, 5) is 5.04. The third-order valence-corrected chi connectivity index (χ3v) is 5.75. The molecule has 1 fully saturated rings. The van der Waals surface area contributed by atoms with Crippen LogP contribution in [0.15, 0.2) is 22.7 Å². The van der Waals surface area contributed by atoms with Gasteiger partial charge in [0.05, 0.1) is 0 Å². The Morgan fingerprint density at radius 3 is 2.48 bits per heavy atom. The fourth-order valence-electron chi connectivity index (χ4n) is 3.70. The van der Waals surface area contributed by atoms with Crippen LogP contribution in [0.3, 0.4) is 0 Å². The molecule has 23 heavy (non-hydrogen) atoms. The molecule has 0 spiro atoms. The molecule has 0 bridgehead atoms. The van der Waals surface area contributed by atoms with Gasteiger partial charge in [-0.05, 0) is 50.6 Å². The quantitative estimate of drug-likeness (QED) is 0.800. The van der Waals surface area contributed by atoms with Gasteiger partial charge < -0.3 is 14.4 Å². The van der Waals surface area contributed by atoms with Gasteiger partial charge in [-0.1, -0.05) is 22.9 Å². The number of nitrogens with zero attached hydrogens (tertiary/aromatic N) is 3. The van der Waals surface area contributed by atoms with Crippen LogP contribution in [-0.4, -0.2) is 54.1 Å². The number of hydrogen-bond donors (Lipinski definition) is 0. The molecule has 3 rings (SSSR count). The van der Waals surface area contributed by atoms with Crippen molar-refractivity contribution in [3.8, 4) is 0 Å². The second-order valence-corrected chi connectivity index (χ2v) is 8.11. The molecule has 1 aliphatic rings. The molecular formula is C19H28BrN3. The molecule has 0 amide bonds. The predicted molar refractivity (Wildman–Crippen MR) is 102 cm³/mol. The highest BCUT2D eigenvalue weighted by molar-refractivity contribution is 9.10. The third kappa shape index (κ3) is 3.65. The minimum Gasteiger partial charge on any atom is -0.344 e. The molecular weight excluding hydrogens is 350 g/mol. The lowest BCUT2D eigenvalue weighted by Gasteiger charge is -2.34. The Kier molecular flexibility index (Phi) is 5.14. The van der Waals surface area contributed by atoms with E-state index < -0.39 is 0 Å². The number of rotatable bonds is 4. The number of aromatic nitrogens is 1. The zero-order valence-corrected chi connectivity index (χ0v) is 16.4. The first-order chi connectivity index (χ1) is 11.0. The van der Waals surface area contributed by atoms with Crippen LogP contribution in [0.2, 0.25) is 0 Å². The van der Waals surface area contributed by atoms with Crippen molar-refractivity contribution in [3.63, 3.8) is 0 Å². The Hall–Kier alpha value is -0.840. The van der Waals surface area contributed by atoms with Crippen molar-refractivity contribution in [2.45, 2.75) is 27.3 Å². The highest BCUT2D eigenvalue weighted by Crippen LogP contribution is 2.28. The number of aryl methyl sites for hydroxylation is 1. The van der Waals surface area contributed by atoms with E-state index in [9.17, 15) is 0 Å². The van der Waals surface area contributed by atoms with Crippen molar-refractivity contribution in [2.75, 3.05) is 39.8 Å². The van der Waals surface area contributed by atoms with E-state index >= 15 is 0 Å². The Balaban J connectivity index is 1.74. The first-order valence-corrected chi connectivity index (χ1v) is 9.41. The average Bonchev–Trinajstić information content (AvgIpc) is 2.74.